The molecule has 31 heavy (non-hydrogen) atoms. The van der Waals surface area contributed by atoms with Crippen molar-refractivity contribution < 1.29 is 9.53 Å². The SMILES string of the molecule is CCCCCCCCOc1ccc(C=C2SC(=Nc3ccc(Cl)cc3Cl)NC2=O)cc1. The number of amides is 1. The molecule has 0 atom stereocenters. The molecule has 3 rings (SSSR count). The van der Waals surface area contributed by atoms with Crippen LogP contribution < -0.4 is 10.1 Å². The molecule has 4 nitrogen and oxygen atoms in total. The van der Waals surface area contributed by atoms with E-state index in [-0.39, 0.29) is 5.91 Å². The number of thioether (sulfide) groups is 1. The number of benzene rings is 2. The van der Waals surface area contributed by atoms with E-state index in [1.807, 2.05) is 30.3 Å². The molecule has 0 saturated carbocycles. The lowest BCUT2D eigenvalue weighted by atomic mass is 10.1. The Hall–Kier alpha value is -1.95. The van der Waals surface area contributed by atoms with Crippen molar-refractivity contribution in [1.29, 1.82) is 0 Å². The molecule has 1 heterocycles. The predicted octanol–water partition coefficient (Wildman–Crippen LogP) is 7.62. The van der Waals surface area contributed by atoms with Gasteiger partial charge in [0.25, 0.3) is 5.91 Å². The fourth-order valence-electron chi connectivity index (χ4n) is 3.05. The number of rotatable bonds is 10. The largest absolute Gasteiger partial charge is 0.494 e. The van der Waals surface area contributed by atoms with Gasteiger partial charge in [-0.2, -0.15) is 0 Å². The minimum Gasteiger partial charge on any atom is -0.494 e. The van der Waals surface area contributed by atoms with Crippen molar-refractivity contribution in [3.05, 3.63) is 63.0 Å². The maximum atomic E-state index is 12.3. The molecule has 1 N–H and O–H groups in total. The Morgan fingerprint density at radius 1 is 1.03 bits per heavy atom. The summed E-state index contributed by atoms with van der Waals surface area (Å²) in [5.41, 5.74) is 1.48. The van der Waals surface area contributed by atoms with Gasteiger partial charge in [-0.15, -0.1) is 0 Å². The normalized spacial score (nSPS) is 16.2. The van der Waals surface area contributed by atoms with Crippen LogP contribution in [0.1, 0.15) is 51.0 Å². The zero-order chi connectivity index (χ0) is 22.1. The molecule has 7 heteroatoms. The molecule has 164 valence electrons. The second kappa shape index (κ2) is 12.2. The molecule has 0 radical (unpaired) electrons. The number of hydrogen-bond donors (Lipinski definition) is 1. The van der Waals surface area contributed by atoms with Crippen LogP contribution in [0, 0.1) is 0 Å². The van der Waals surface area contributed by atoms with Crippen LogP contribution in [0.15, 0.2) is 52.4 Å². The van der Waals surface area contributed by atoms with Crippen molar-refractivity contribution >= 4 is 57.8 Å². The van der Waals surface area contributed by atoms with E-state index in [1.54, 1.807) is 18.2 Å². The molecule has 0 aliphatic carbocycles. The van der Waals surface area contributed by atoms with E-state index in [0.29, 0.717) is 25.8 Å². The summed E-state index contributed by atoms with van der Waals surface area (Å²) in [4.78, 5) is 17.3. The van der Waals surface area contributed by atoms with Gasteiger partial charge in [-0.05, 0) is 60.2 Å². The van der Waals surface area contributed by atoms with E-state index in [9.17, 15) is 4.79 Å². The highest BCUT2D eigenvalue weighted by Crippen LogP contribution is 2.32. The molecule has 1 aliphatic heterocycles. The highest BCUT2D eigenvalue weighted by atomic mass is 35.5. The van der Waals surface area contributed by atoms with Crippen LogP contribution in [-0.4, -0.2) is 17.7 Å². The molecule has 1 aliphatic rings. The fraction of sp³-hybridized carbons (Fsp3) is 0.333. The van der Waals surface area contributed by atoms with Gasteiger partial charge in [-0.1, -0.05) is 74.4 Å². The van der Waals surface area contributed by atoms with E-state index < -0.39 is 0 Å². The second-order valence-electron chi connectivity index (χ2n) is 7.26. The second-order valence-corrected chi connectivity index (χ2v) is 9.14. The molecule has 1 saturated heterocycles. The van der Waals surface area contributed by atoms with Gasteiger partial charge in [0.05, 0.1) is 22.2 Å². The summed E-state index contributed by atoms with van der Waals surface area (Å²) in [7, 11) is 0. The number of carbonyl (C=O) groups excluding carboxylic acids is 1. The van der Waals surface area contributed by atoms with Crippen LogP contribution in [0.4, 0.5) is 5.69 Å². The Morgan fingerprint density at radius 3 is 2.52 bits per heavy atom. The van der Waals surface area contributed by atoms with Gasteiger partial charge in [0.15, 0.2) is 5.17 Å². The first-order chi connectivity index (χ1) is 15.0. The topological polar surface area (TPSA) is 50.7 Å². The number of nitrogens with one attached hydrogen (secondary N) is 1. The summed E-state index contributed by atoms with van der Waals surface area (Å²) in [5.74, 6) is 0.663. The first-order valence-electron chi connectivity index (χ1n) is 10.5. The molecular formula is C24H26Cl2N2O2S. The minimum absolute atomic E-state index is 0.183. The van der Waals surface area contributed by atoms with E-state index in [4.69, 9.17) is 27.9 Å². The van der Waals surface area contributed by atoms with E-state index in [2.05, 4.69) is 17.2 Å². The summed E-state index contributed by atoms with van der Waals surface area (Å²) in [6, 6.07) is 12.8. The third-order valence-electron chi connectivity index (χ3n) is 4.73. The number of nitrogens with zero attached hydrogens (tertiary/aromatic N) is 1. The number of hydrogen-bond acceptors (Lipinski definition) is 4. The summed E-state index contributed by atoms with van der Waals surface area (Å²) >= 11 is 13.4. The number of amidine groups is 1. The van der Waals surface area contributed by atoms with Crippen LogP contribution >= 0.6 is 35.0 Å². The Labute approximate surface area is 198 Å². The maximum Gasteiger partial charge on any atom is 0.264 e. The summed E-state index contributed by atoms with van der Waals surface area (Å²) in [5, 5.41) is 4.23. The van der Waals surface area contributed by atoms with Crippen LogP contribution in [0.5, 0.6) is 5.75 Å². The molecule has 2 aromatic rings. The number of carbonyl (C=O) groups is 1. The molecule has 0 spiro atoms. The minimum atomic E-state index is -0.183. The van der Waals surface area contributed by atoms with Gasteiger partial charge >= 0.3 is 0 Å². The van der Waals surface area contributed by atoms with Gasteiger partial charge in [0.2, 0.25) is 0 Å². The Bertz CT molecular complexity index is 959. The molecular weight excluding hydrogens is 451 g/mol. The Morgan fingerprint density at radius 2 is 1.77 bits per heavy atom. The lowest BCUT2D eigenvalue weighted by Crippen LogP contribution is -2.19. The summed E-state index contributed by atoms with van der Waals surface area (Å²) in [6.07, 6.45) is 9.29. The van der Waals surface area contributed by atoms with Crippen LogP contribution in [0.25, 0.3) is 6.08 Å². The van der Waals surface area contributed by atoms with Crippen LogP contribution in [0.3, 0.4) is 0 Å². The van der Waals surface area contributed by atoms with Gasteiger partial charge < -0.3 is 10.1 Å². The van der Waals surface area contributed by atoms with Crippen molar-refractivity contribution in [3.63, 3.8) is 0 Å². The van der Waals surface area contributed by atoms with Gasteiger partial charge in [-0.3, -0.25) is 4.79 Å². The highest BCUT2D eigenvalue weighted by molar-refractivity contribution is 8.18. The molecule has 1 fully saturated rings. The lowest BCUT2D eigenvalue weighted by molar-refractivity contribution is -0.115. The third-order valence-corrected chi connectivity index (χ3v) is 6.17. The maximum absolute atomic E-state index is 12.3. The molecule has 2 aromatic carbocycles. The average molecular weight is 477 g/mol. The molecule has 1 amide bonds. The molecule has 0 unspecified atom stereocenters. The number of unbranched alkanes of at least 4 members (excludes halogenated alkanes) is 5. The number of ether oxygens (including phenoxy) is 1. The van der Waals surface area contributed by atoms with Gasteiger partial charge in [0.1, 0.15) is 5.75 Å². The lowest BCUT2D eigenvalue weighted by Gasteiger charge is -2.06. The quantitative estimate of drug-likeness (QED) is 0.283. The first-order valence-corrected chi connectivity index (χ1v) is 12.1. The monoisotopic (exact) mass is 476 g/mol. The Balaban J connectivity index is 1.53. The average Bonchev–Trinajstić information content (AvgIpc) is 3.09. The zero-order valence-corrected chi connectivity index (χ0v) is 19.8. The predicted molar refractivity (Wildman–Crippen MR) is 133 cm³/mol. The molecule has 0 bridgehead atoms. The summed E-state index contributed by atoms with van der Waals surface area (Å²) in [6.45, 7) is 2.96. The first kappa shape index (κ1) is 23.7. The van der Waals surface area contributed by atoms with Crippen LogP contribution in [0.2, 0.25) is 10.0 Å². The third kappa shape index (κ3) is 7.60. The van der Waals surface area contributed by atoms with Crippen LogP contribution in [-0.2, 0) is 4.79 Å². The van der Waals surface area contributed by atoms with Gasteiger partial charge in [0, 0.05) is 5.02 Å². The van der Waals surface area contributed by atoms with Crippen molar-refractivity contribution in [2.75, 3.05) is 6.61 Å². The van der Waals surface area contributed by atoms with E-state index in [0.717, 1.165) is 24.3 Å². The van der Waals surface area contributed by atoms with Crippen molar-refractivity contribution in [3.8, 4) is 5.75 Å². The Kier molecular flexibility index (Phi) is 9.31. The van der Waals surface area contributed by atoms with Gasteiger partial charge in [-0.25, -0.2) is 4.99 Å². The molecule has 0 aromatic heterocycles. The van der Waals surface area contributed by atoms with E-state index in [1.165, 1.54) is 43.9 Å². The van der Waals surface area contributed by atoms with Crippen molar-refractivity contribution in [2.24, 2.45) is 4.99 Å². The van der Waals surface area contributed by atoms with E-state index >= 15 is 0 Å². The van der Waals surface area contributed by atoms with Crippen molar-refractivity contribution in [2.45, 2.75) is 45.4 Å². The summed E-state index contributed by atoms with van der Waals surface area (Å²) < 4.78 is 5.82. The number of aliphatic imine (C=N–C) groups is 1. The fourth-order valence-corrected chi connectivity index (χ4v) is 4.33. The smallest absolute Gasteiger partial charge is 0.264 e. The standard InChI is InChI=1S/C24H26Cl2N2O2S/c1-2-3-4-5-6-7-14-30-19-11-8-17(9-12-19)15-22-23(29)28-24(31-22)27-21-13-10-18(25)16-20(21)26/h8-13,15-16H,2-7,14H2,1H3,(H,27,28,29). The zero-order valence-electron chi connectivity index (χ0n) is 17.5. The number of halogens is 2. The van der Waals surface area contributed by atoms with Crippen molar-refractivity contribution in [1.82, 2.24) is 5.32 Å². The highest BCUT2D eigenvalue weighted by Gasteiger charge is 2.24.